The summed E-state index contributed by atoms with van der Waals surface area (Å²) in [5, 5.41) is 3.49. The Bertz CT molecular complexity index is 645. The zero-order valence-corrected chi connectivity index (χ0v) is 15.9. The standard InChI is InChI=1S/C19H24Cl2N2O2/c1-2-23(18(25)10-14-9-12-6-7-13(14)8-12)11-17(24)22-19-15(20)4-3-5-16(19)21/h3-5,12-14H,2,6-11H2,1H3,(H,22,24). The molecule has 1 aromatic rings. The molecule has 2 aliphatic carbocycles. The van der Waals surface area contributed by atoms with Crippen LogP contribution in [0.5, 0.6) is 0 Å². The number of anilines is 1. The van der Waals surface area contributed by atoms with Crippen LogP contribution in [0.4, 0.5) is 5.69 Å². The molecule has 0 spiro atoms. The van der Waals surface area contributed by atoms with Gasteiger partial charge in [-0.15, -0.1) is 0 Å². The Morgan fingerprint density at radius 3 is 2.48 bits per heavy atom. The molecule has 2 bridgehead atoms. The number of nitrogens with zero attached hydrogens (tertiary/aromatic N) is 1. The van der Waals surface area contributed by atoms with Gasteiger partial charge in [0.15, 0.2) is 0 Å². The molecule has 4 nitrogen and oxygen atoms in total. The van der Waals surface area contributed by atoms with Gasteiger partial charge >= 0.3 is 0 Å². The van der Waals surface area contributed by atoms with E-state index in [0.717, 1.165) is 5.92 Å². The van der Waals surface area contributed by atoms with Crippen LogP contribution in [0, 0.1) is 17.8 Å². The average molecular weight is 383 g/mol. The van der Waals surface area contributed by atoms with Crippen molar-refractivity contribution in [2.45, 2.75) is 39.0 Å². The molecule has 0 aliphatic heterocycles. The summed E-state index contributed by atoms with van der Waals surface area (Å²) in [6, 6.07) is 5.05. The summed E-state index contributed by atoms with van der Waals surface area (Å²) in [5.41, 5.74) is 0.396. The predicted octanol–water partition coefficient (Wildman–Crippen LogP) is 4.61. The van der Waals surface area contributed by atoms with Gasteiger partial charge in [-0.3, -0.25) is 9.59 Å². The molecule has 0 aromatic heterocycles. The Hall–Kier alpha value is -1.26. The number of rotatable bonds is 6. The summed E-state index contributed by atoms with van der Waals surface area (Å²) >= 11 is 12.2. The first-order valence-electron chi connectivity index (χ1n) is 8.99. The number of amides is 2. The highest BCUT2D eigenvalue weighted by Gasteiger charge is 2.40. The number of benzene rings is 1. The fourth-order valence-corrected chi connectivity index (χ4v) is 4.82. The van der Waals surface area contributed by atoms with Crippen LogP contribution in [0.1, 0.15) is 39.0 Å². The normalized spacial score (nSPS) is 24.4. The molecular weight excluding hydrogens is 359 g/mol. The van der Waals surface area contributed by atoms with E-state index < -0.39 is 0 Å². The van der Waals surface area contributed by atoms with Gasteiger partial charge in [0.05, 0.1) is 22.3 Å². The summed E-state index contributed by atoms with van der Waals surface area (Å²) in [4.78, 5) is 26.6. The third-order valence-electron chi connectivity index (χ3n) is 5.62. The highest BCUT2D eigenvalue weighted by molar-refractivity contribution is 6.39. The molecular formula is C19H24Cl2N2O2. The smallest absolute Gasteiger partial charge is 0.244 e. The van der Waals surface area contributed by atoms with E-state index in [0.29, 0.717) is 40.5 Å². The van der Waals surface area contributed by atoms with Gasteiger partial charge in [0, 0.05) is 13.0 Å². The molecule has 25 heavy (non-hydrogen) atoms. The van der Waals surface area contributed by atoms with E-state index in [1.807, 2.05) is 6.92 Å². The van der Waals surface area contributed by atoms with Crippen molar-refractivity contribution in [3.63, 3.8) is 0 Å². The van der Waals surface area contributed by atoms with Crippen LogP contribution in [0.2, 0.25) is 10.0 Å². The van der Waals surface area contributed by atoms with Crippen LogP contribution >= 0.6 is 23.2 Å². The second-order valence-electron chi connectivity index (χ2n) is 7.19. The van der Waals surface area contributed by atoms with Crippen LogP contribution in [-0.4, -0.2) is 29.8 Å². The summed E-state index contributed by atoms with van der Waals surface area (Å²) in [5.74, 6) is 1.83. The number of carbonyl (C=O) groups excluding carboxylic acids is 2. The first-order valence-corrected chi connectivity index (χ1v) is 9.75. The van der Waals surface area contributed by atoms with Gasteiger partial charge in [0.1, 0.15) is 0 Å². The quantitative estimate of drug-likeness (QED) is 0.780. The number of likely N-dealkylation sites (N-methyl/N-ethyl adjacent to an activating group) is 1. The molecule has 6 heteroatoms. The number of halogens is 2. The van der Waals surface area contributed by atoms with Crippen molar-refractivity contribution in [1.29, 1.82) is 0 Å². The third kappa shape index (κ3) is 4.29. The predicted molar refractivity (Wildman–Crippen MR) is 101 cm³/mol. The van der Waals surface area contributed by atoms with Gasteiger partial charge < -0.3 is 10.2 Å². The highest BCUT2D eigenvalue weighted by Crippen LogP contribution is 2.49. The maximum Gasteiger partial charge on any atom is 0.244 e. The van der Waals surface area contributed by atoms with Gasteiger partial charge in [0.25, 0.3) is 0 Å². The first kappa shape index (κ1) is 18.5. The molecule has 3 atom stereocenters. The Morgan fingerprint density at radius 2 is 1.92 bits per heavy atom. The van der Waals surface area contributed by atoms with Crippen LogP contribution in [-0.2, 0) is 9.59 Å². The maximum atomic E-state index is 12.6. The molecule has 136 valence electrons. The van der Waals surface area contributed by atoms with Crippen molar-refractivity contribution >= 4 is 40.7 Å². The van der Waals surface area contributed by atoms with E-state index in [1.165, 1.54) is 25.7 Å². The zero-order valence-electron chi connectivity index (χ0n) is 14.4. The molecule has 1 N–H and O–H groups in total. The monoisotopic (exact) mass is 382 g/mol. The lowest BCUT2D eigenvalue weighted by Crippen LogP contribution is -2.39. The minimum atomic E-state index is -0.279. The van der Waals surface area contributed by atoms with Crippen LogP contribution in [0.25, 0.3) is 0 Å². The number of nitrogens with one attached hydrogen (secondary N) is 1. The molecule has 3 unspecified atom stereocenters. The minimum absolute atomic E-state index is 0.0255. The SMILES string of the molecule is CCN(CC(=O)Nc1c(Cl)cccc1Cl)C(=O)CC1CC2CCC1C2. The van der Waals surface area contributed by atoms with E-state index in [2.05, 4.69) is 5.32 Å². The molecule has 2 aliphatic rings. The van der Waals surface area contributed by atoms with Crippen molar-refractivity contribution in [2.75, 3.05) is 18.4 Å². The molecule has 2 amide bonds. The third-order valence-corrected chi connectivity index (χ3v) is 6.25. The van der Waals surface area contributed by atoms with Crippen LogP contribution in [0.15, 0.2) is 18.2 Å². The van der Waals surface area contributed by atoms with Crippen molar-refractivity contribution < 1.29 is 9.59 Å². The fourth-order valence-electron chi connectivity index (χ4n) is 4.33. The van der Waals surface area contributed by atoms with E-state index in [4.69, 9.17) is 23.2 Å². The Balaban J connectivity index is 1.56. The Morgan fingerprint density at radius 1 is 1.20 bits per heavy atom. The highest BCUT2D eigenvalue weighted by atomic mass is 35.5. The summed E-state index contributed by atoms with van der Waals surface area (Å²) < 4.78 is 0. The second-order valence-corrected chi connectivity index (χ2v) is 8.01. The molecule has 0 heterocycles. The lowest BCUT2D eigenvalue weighted by molar-refractivity contribution is -0.135. The number of para-hydroxylation sites is 1. The number of hydrogen-bond donors (Lipinski definition) is 1. The first-order chi connectivity index (χ1) is 12.0. The van der Waals surface area contributed by atoms with Crippen molar-refractivity contribution in [1.82, 2.24) is 4.90 Å². The summed E-state index contributed by atoms with van der Waals surface area (Å²) in [7, 11) is 0. The van der Waals surface area contributed by atoms with Crippen LogP contribution in [0.3, 0.4) is 0 Å². The Labute approximate surface area is 158 Å². The lowest BCUT2D eigenvalue weighted by atomic mass is 9.86. The van der Waals surface area contributed by atoms with Crippen molar-refractivity contribution in [3.8, 4) is 0 Å². The van der Waals surface area contributed by atoms with Crippen molar-refractivity contribution in [2.24, 2.45) is 17.8 Å². The Kier molecular flexibility index (Phi) is 5.90. The van der Waals surface area contributed by atoms with Crippen molar-refractivity contribution in [3.05, 3.63) is 28.2 Å². The molecule has 0 radical (unpaired) electrons. The number of fused-ring (bicyclic) bond motifs is 2. The number of hydrogen-bond acceptors (Lipinski definition) is 2. The van der Waals surface area contributed by atoms with Gasteiger partial charge in [-0.2, -0.15) is 0 Å². The van der Waals surface area contributed by atoms with E-state index in [9.17, 15) is 9.59 Å². The van der Waals surface area contributed by atoms with E-state index in [-0.39, 0.29) is 18.4 Å². The maximum absolute atomic E-state index is 12.6. The second kappa shape index (κ2) is 7.96. The molecule has 1 aromatic carbocycles. The van der Waals surface area contributed by atoms with E-state index in [1.54, 1.807) is 23.1 Å². The lowest BCUT2D eigenvalue weighted by Gasteiger charge is -2.26. The summed E-state index contributed by atoms with van der Waals surface area (Å²) in [6.45, 7) is 2.44. The minimum Gasteiger partial charge on any atom is -0.334 e. The van der Waals surface area contributed by atoms with Gasteiger partial charge in [-0.1, -0.05) is 35.7 Å². The van der Waals surface area contributed by atoms with E-state index >= 15 is 0 Å². The molecule has 2 saturated carbocycles. The van der Waals surface area contributed by atoms with Crippen LogP contribution < -0.4 is 5.32 Å². The van der Waals surface area contributed by atoms with Gasteiger partial charge in [-0.25, -0.2) is 0 Å². The van der Waals surface area contributed by atoms with Gasteiger partial charge in [-0.05, 0) is 56.1 Å². The summed E-state index contributed by atoms with van der Waals surface area (Å²) in [6.07, 6.45) is 5.62. The number of carbonyl (C=O) groups is 2. The topological polar surface area (TPSA) is 49.4 Å². The largest absolute Gasteiger partial charge is 0.334 e. The average Bonchev–Trinajstić information content (AvgIpc) is 3.19. The zero-order chi connectivity index (χ0) is 18.0. The van der Waals surface area contributed by atoms with Gasteiger partial charge in [0.2, 0.25) is 11.8 Å². The molecule has 2 fully saturated rings. The molecule has 3 rings (SSSR count). The molecule has 0 saturated heterocycles. The fraction of sp³-hybridized carbons (Fsp3) is 0.579.